The molecule has 2 aromatic carbocycles. The summed E-state index contributed by atoms with van der Waals surface area (Å²) in [5.41, 5.74) is 2.94. The first-order valence-electron chi connectivity index (χ1n) is 8.24. The van der Waals surface area contributed by atoms with Gasteiger partial charge in [-0.25, -0.2) is 0 Å². The SMILES string of the molecule is CCCCSC1CCSC1(c1ccccc1)c1ccccc1. The standard InChI is InChI=1S/C20H24S2/c1-2-3-15-21-19-14-16-22-20(19,17-10-6-4-7-11-17)18-12-8-5-9-13-18/h4-13,19H,2-3,14-16H2,1H3. The van der Waals surface area contributed by atoms with Gasteiger partial charge in [0.2, 0.25) is 0 Å². The zero-order valence-electron chi connectivity index (χ0n) is 13.2. The molecular formula is C20H24S2. The van der Waals surface area contributed by atoms with Crippen molar-refractivity contribution in [3.63, 3.8) is 0 Å². The maximum absolute atomic E-state index is 2.32. The number of hydrogen-bond acceptors (Lipinski definition) is 2. The summed E-state index contributed by atoms with van der Waals surface area (Å²) in [4.78, 5) is 0. The van der Waals surface area contributed by atoms with Crippen LogP contribution in [0.4, 0.5) is 0 Å². The molecule has 1 aliphatic rings. The van der Waals surface area contributed by atoms with Crippen molar-refractivity contribution >= 4 is 23.5 Å². The minimum Gasteiger partial charge on any atom is -0.156 e. The average Bonchev–Trinajstić information content (AvgIpc) is 3.02. The molecular weight excluding hydrogens is 304 g/mol. The number of benzene rings is 2. The molecule has 1 aliphatic heterocycles. The quantitative estimate of drug-likeness (QED) is 0.599. The van der Waals surface area contributed by atoms with E-state index in [4.69, 9.17) is 0 Å². The zero-order chi connectivity index (χ0) is 15.3. The summed E-state index contributed by atoms with van der Waals surface area (Å²) in [6, 6.07) is 22.3. The van der Waals surface area contributed by atoms with Gasteiger partial charge in [-0.2, -0.15) is 11.8 Å². The van der Waals surface area contributed by atoms with Crippen LogP contribution in [0.25, 0.3) is 0 Å². The second kappa shape index (κ2) is 7.61. The van der Waals surface area contributed by atoms with Crippen molar-refractivity contribution in [2.75, 3.05) is 11.5 Å². The molecule has 1 heterocycles. The van der Waals surface area contributed by atoms with E-state index in [1.54, 1.807) is 0 Å². The van der Waals surface area contributed by atoms with Crippen LogP contribution in [0.3, 0.4) is 0 Å². The molecule has 2 aromatic rings. The van der Waals surface area contributed by atoms with Crippen molar-refractivity contribution in [1.29, 1.82) is 0 Å². The highest BCUT2D eigenvalue weighted by Crippen LogP contribution is 2.55. The van der Waals surface area contributed by atoms with E-state index in [1.165, 1.54) is 41.9 Å². The third-order valence-electron chi connectivity index (χ3n) is 4.39. The van der Waals surface area contributed by atoms with Gasteiger partial charge in [0.15, 0.2) is 0 Å². The Balaban J connectivity index is 2.00. The van der Waals surface area contributed by atoms with E-state index in [2.05, 4.69) is 91.1 Å². The van der Waals surface area contributed by atoms with Crippen LogP contribution in [-0.4, -0.2) is 16.8 Å². The highest BCUT2D eigenvalue weighted by Gasteiger charge is 2.46. The lowest BCUT2D eigenvalue weighted by molar-refractivity contribution is 0.702. The van der Waals surface area contributed by atoms with Crippen molar-refractivity contribution in [2.24, 2.45) is 0 Å². The zero-order valence-corrected chi connectivity index (χ0v) is 14.8. The second-order valence-electron chi connectivity index (χ2n) is 5.82. The molecule has 0 N–H and O–H groups in total. The second-order valence-corrected chi connectivity index (χ2v) is 8.47. The van der Waals surface area contributed by atoms with E-state index in [0.29, 0.717) is 5.25 Å². The third kappa shape index (κ3) is 3.09. The molecule has 2 heteroatoms. The smallest absolute Gasteiger partial charge is 0.0775 e. The van der Waals surface area contributed by atoms with Crippen LogP contribution in [0.15, 0.2) is 60.7 Å². The van der Waals surface area contributed by atoms with Gasteiger partial charge in [-0.15, -0.1) is 11.8 Å². The summed E-state index contributed by atoms with van der Waals surface area (Å²) in [6.07, 6.45) is 3.92. The topological polar surface area (TPSA) is 0 Å². The molecule has 0 amide bonds. The molecule has 116 valence electrons. The number of rotatable bonds is 6. The van der Waals surface area contributed by atoms with Crippen LogP contribution in [0.2, 0.25) is 0 Å². The fraction of sp³-hybridized carbons (Fsp3) is 0.400. The molecule has 0 nitrogen and oxygen atoms in total. The Hall–Kier alpha value is -0.860. The highest BCUT2D eigenvalue weighted by molar-refractivity contribution is 8.04. The van der Waals surface area contributed by atoms with Crippen LogP contribution in [0.1, 0.15) is 37.3 Å². The minimum atomic E-state index is 0.126. The maximum atomic E-state index is 2.32. The van der Waals surface area contributed by atoms with E-state index < -0.39 is 0 Å². The molecule has 0 bridgehead atoms. The molecule has 1 atom stereocenters. The first kappa shape index (κ1) is 16.0. The third-order valence-corrected chi connectivity index (χ3v) is 7.70. The number of unbranched alkanes of at least 4 members (excludes halogenated alkanes) is 1. The van der Waals surface area contributed by atoms with Crippen molar-refractivity contribution < 1.29 is 0 Å². The van der Waals surface area contributed by atoms with Crippen LogP contribution >= 0.6 is 23.5 Å². The highest BCUT2D eigenvalue weighted by atomic mass is 32.2. The number of thioether (sulfide) groups is 2. The summed E-state index contributed by atoms with van der Waals surface area (Å²) in [6.45, 7) is 2.28. The van der Waals surface area contributed by atoms with Gasteiger partial charge in [-0.05, 0) is 35.5 Å². The Kier molecular flexibility index (Phi) is 5.54. The Bertz CT molecular complexity index is 525. The van der Waals surface area contributed by atoms with Crippen molar-refractivity contribution in [2.45, 2.75) is 36.2 Å². The minimum absolute atomic E-state index is 0.126. The normalized spacial score (nSPS) is 20.1. The molecule has 0 aromatic heterocycles. The molecule has 3 rings (SSSR count). The lowest BCUT2D eigenvalue weighted by atomic mass is 9.86. The van der Waals surface area contributed by atoms with E-state index in [1.807, 2.05) is 0 Å². The Morgan fingerprint density at radius 3 is 2.14 bits per heavy atom. The molecule has 0 aliphatic carbocycles. The van der Waals surface area contributed by atoms with Crippen LogP contribution < -0.4 is 0 Å². The van der Waals surface area contributed by atoms with Crippen LogP contribution in [-0.2, 0) is 4.75 Å². The Labute approximate surface area is 143 Å². The molecule has 0 radical (unpaired) electrons. The first-order valence-corrected chi connectivity index (χ1v) is 10.3. The first-order chi connectivity index (χ1) is 10.9. The molecule has 0 saturated carbocycles. The Morgan fingerprint density at radius 2 is 1.59 bits per heavy atom. The molecule has 1 saturated heterocycles. The summed E-state index contributed by atoms with van der Waals surface area (Å²) in [5, 5.41) is 0.675. The summed E-state index contributed by atoms with van der Waals surface area (Å²) >= 11 is 4.33. The number of hydrogen-bond donors (Lipinski definition) is 0. The summed E-state index contributed by atoms with van der Waals surface area (Å²) < 4.78 is 0.126. The molecule has 0 spiro atoms. The largest absolute Gasteiger partial charge is 0.156 e. The predicted octanol–water partition coefficient (Wildman–Crippen LogP) is 5.97. The Morgan fingerprint density at radius 1 is 1.00 bits per heavy atom. The van der Waals surface area contributed by atoms with Gasteiger partial charge in [-0.3, -0.25) is 0 Å². The van der Waals surface area contributed by atoms with Gasteiger partial charge >= 0.3 is 0 Å². The van der Waals surface area contributed by atoms with Crippen LogP contribution in [0, 0.1) is 0 Å². The van der Waals surface area contributed by atoms with Gasteiger partial charge in [0.05, 0.1) is 4.75 Å². The van der Waals surface area contributed by atoms with Crippen molar-refractivity contribution in [3.8, 4) is 0 Å². The van der Waals surface area contributed by atoms with Gasteiger partial charge in [0.1, 0.15) is 0 Å². The average molecular weight is 329 g/mol. The fourth-order valence-corrected chi connectivity index (χ4v) is 6.94. The summed E-state index contributed by atoms with van der Waals surface area (Å²) in [7, 11) is 0. The van der Waals surface area contributed by atoms with Crippen LogP contribution in [0.5, 0.6) is 0 Å². The van der Waals surface area contributed by atoms with E-state index >= 15 is 0 Å². The van der Waals surface area contributed by atoms with E-state index in [9.17, 15) is 0 Å². The molecule has 1 fully saturated rings. The van der Waals surface area contributed by atoms with Gasteiger partial charge in [-0.1, -0.05) is 74.0 Å². The van der Waals surface area contributed by atoms with Gasteiger partial charge < -0.3 is 0 Å². The monoisotopic (exact) mass is 328 g/mol. The van der Waals surface area contributed by atoms with Crippen molar-refractivity contribution in [3.05, 3.63) is 71.8 Å². The molecule has 22 heavy (non-hydrogen) atoms. The van der Waals surface area contributed by atoms with Gasteiger partial charge in [0, 0.05) is 5.25 Å². The molecule has 1 unspecified atom stereocenters. The van der Waals surface area contributed by atoms with E-state index in [-0.39, 0.29) is 4.75 Å². The maximum Gasteiger partial charge on any atom is 0.0775 e. The lowest BCUT2D eigenvalue weighted by Crippen LogP contribution is -2.31. The van der Waals surface area contributed by atoms with Crippen molar-refractivity contribution in [1.82, 2.24) is 0 Å². The summed E-state index contributed by atoms with van der Waals surface area (Å²) in [5.74, 6) is 2.54. The predicted molar refractivity (Wildman–Crippen MR) is 102 cm³/mol. The van der Waals surface area contributed by atoms with Gasteiger partial charge in [0.25, 0.3) is 0 Å². The van der Waals surface area contributed by atoms with E-state index in [0.717, 1.165) is 0 Å². The fourth-order valence-electron chi connectivity index (χ4n) is 3.27. The lowest BCUT2D eigenvalue weighted by Gasteiger charge is -2.35.